The van der Waals surface area contributed by atoms with E-state index >= 15 is 0 Å². The summed E-state index contributed by atoms with van der Waals surface area (Å²) >= 11 is 5.98. The molecule has 0 bridgehead atoms. The quantitative estimate of drug-likeness (QED) is 0.514. The maximum atomic E-state index is 13.3. The minimum atomic E-state index is -5.04. The molecule has 2 heterocycles. The summed E-state index contributed by atoms with van der Waals surface area (Å²) in [6.07, 6.45) is -3.46. The zero-order valence-corrected chi connectivity index (χ0v) is 19.9. The van der Waals surface area contributed by atoms with Gasteiger partial charge in [0.25, 0.3) is 0 Å². The lowest BCUT2D eigenvalue weighted by Gasteiger charge is -2.30. The topological polar surface area (TPSA) is 97.5 Å². The Kier molecular flexibility index (Phi) is 11.8. The molecular weight excluding hydrogens is 443 g/mol. The predicted molar refractivity (Wildman–Crippen MR) is 115 cm³/mol. The molecule has 176 valence electrons. The molecule has 1 aromatic heterocycles. The summed E-state index contributed by atoms with van der Waals surface area (Å²) in [6.45, 7) is 10.5. The number of nitrogens with two attached hydrogens (primary N) is 1. The van der Waals surface area contributed by atoms with Gasteiger partial charge in [-0.15, -0.1) is 0 Å². The monoisotopic (exact) mass is 475 g/mol. The van der Waals surface area contributed by atoms with E-state index in [9.17, 15) is 22.5 Å². The number of rotatable bonds is 7. The Balaban J connectivity index is 0.00000198. The van der Waals surface area contributed by atoms with Crippen LogP contribution in [-0.4, -0.2) is 39.4 Å². The molecule has 11 heteroatoms. The van der Waals surface area contributed by atoms with Crippen LogP contribution in [0.3, 0.4) is 0 Å². The number of hydrogen-bond donors (Lipinski definition) is 3. The Morgan fingerprint density at radius 1 is 1.37 bits per heavy atom. The van der Waals surface area contributed by atoms with Crippen molar-refractivity contribution in [1.82, 2.24) is 9.71 Å². The van der Waals surface area contributed by atoms with E-state index in [1.54, 1.807) is 6.92 Å². The first-order chi connectivity index (χ1) is 14.0. The van der Waals surface area contributed by atoms with Crippen molar-refractivity contribution in [3.8, 4) is 5.75 Å². The van der Waals surface area contributed by atoms with Crippen molar-refractivity contribution in [2.45, 2.75) is 71.7 Å². The van der Waals surface area contributed by atoms with Gasteiger partial charge in [-0.05, 0) is 19.4 Å². The summed E-state index contributed by atoms with van der Waals surface area (Å²) in [4.78, 5) is 3.64. The number of hydrogen-bond acceptors (Lipinski definition) is 5. The molecule has 0 saturated heterocycles. The second-order valence-corrected chi connectivity index (χ2v) is 8.02. The molecule has 1 aromatic rings. The first-order valence-corrected chi connectivity index (χ1v) is 11.7. The van der Waals surface area contributed by atoms with Crippen molar-refractivity contribution in [3.63, 3.8) is 0 Å². The van der Waals surface area contributed by atoms with Gasteiger partial charge < -0.3 is 15.6 Å². The third-order valence-corrected chi connectivity index (χ3v) is 5.84. The zero-order chi connectivity index (χ0) is 23.8. The summed E-state index contributed by atoms with van der Waals surface area (Å²) in [5, 5.41) is 9.74. The fourth-order valence-corrected chi connectivity index (χ4v) is 4.15. The van der Waals surface area contributed by atoms with Gasteiger partial charge in [-0.2, -0.15) is 13.2 Å². The van der Waals surface area contributed by atoms with Crippen LogP contribution < -0.4 is 15.2 Å². The van der Waals surface area contributed by atoms with Gasteiger partial charge in [-0.25, -0.2) is 13.9 Å². The number of aliphatic hydroxyl groups is 1. The average Bonchev–Trinajstić information content (AvgIpc) is 3.04. The highest BCUT2D eigenvalue weighted by atomic mass is 35.5. The number of halogens is 4. The zero-order valence-electron chi connectivity index (χ0n) is 18.3. The highest BCUT2D eigenvalue weighted by molar-refractivity contribution is 7.83. The maximum absolute atomic E-state index is 13.3. The van der Waals surface area contributed by atoms with Crippen LogP contribution in [0.4, 0.5) is 13.2 Å². The number of aromatic nitrogens is 1. The standard InChI is InChI=1S/C15H21ClF3N3O3S.2C2H6/c1-3-4-5-26(24)22-13(2)8-25-11-9(13)6-10(21-12(11)16)14(23,7-20)15(17,18)19;2*1-2/h6,22-23H,3-5,7-8,20H2,1-2H3;2*1-2H3. The summed E-state index contributed by atoms with van der Waals surface area (Å²) in [6, 6.07) is 1.05. The van der Waals surface area contributed by atoms with E-state index in [4.69, 9.17) is 22.1 Å². The number of pyridine rings is 1. The van der Waals surface area contributed by atoms with Gasteiger partial charge in [0.15, 0.2) is 10.9 Å². The largest absolute Gasteiger partial charge is 0.488 e. The lowest BCUT2D eigenvalue weighted by atomic mass is 9.91. The minimum Gasteiger partial charge on any atom is -0.488 e. The number of alkyl halides is 3. The Hall–Kier alpha value is -0.940. The Morgan fingerprint density at radius 2 is 1.93 bits per heavy atom. The van der Waals surface area contributed by atoms with E-state index in [0.717, 1.165) is 18.9 Å². The van der Waals surface area contributed by atoms with Crippen molar-refractivity contribution in [2.75, 3.05) is 18.9 Å². The van der Waals surface area contributed by atoms with Crippen molar-refractivity contribution < 1.29 is 27.2 Å². The van der Waals surface area contributed by atoms with Crippen LogP contribution in [-0.2, 0) is 22.1 Å². The first-order valence-electron chi connectivity index (χ1n) is 9.98. The van der Waals surface area contributed by atoms with E-state index in [0.29, 0.717) is 5.75 Å². The van der Waals surface area contributed by atoms with Crippen molar-refractivity contribution in [1.29, 1.82) is 0 Å². The van der Waals surface area contributed by atoms with Crippen LogP contribution in [0.15, 0.2) is 6.07 Å². The molecule has 30 heavy (non-hydrogen) atoms. The Morgan fingerprint density at radius 3 is 2.40 bits per heavy atom. The van der Waals surface area contributed by atoms with Crippen molar-refractivity contribution in [2.24, 2.45) is 5.73 Å². The number of fused-ring (bicyclic) bond motifs is 1. The van der Waals surface area contributed by atoms with Gasteiger partial charge in [0.1, 0.15) is 6.61 Å². The normalized spacial score (nSPS) is 20.5. The lowest BCUT2D eigenvalue weighted by molar-refractivity contribution is -0.263. The molecule has 0 fully saturated rings. The maximum Gasteiger partial charge on any atom is 0.424 e. The molecule has 1 aliphatic rings. The third-order valence-electron chi connectivity index (χ3n) is 4.24. The molecule has 0 aliphatic carbocycles. The molecule has 0 saturated carbocycles. The predicted octanol–water partition coefficient (Wildman–Crippen LogP) is 4.16. The Bertz CT molecular complexity index is 710. The SMILES string of the molecule is CC.CC.CCCCS(=O)NC1(C)COc2c1cc(C(O)(CN)C(F)(F)F)nc2Cl. The molecule has 0 aromatic carbocycles. The molecule has 4 N–H and O–H groups in total. The second kappa shape index (κ2) is 12.2. The highest BCUT2D eigenvalue weighted by Crippen LogP contribution is 2.45. The molecule has 3 unspecified atom stereocenters. The van der Waals surface area contributed by atoms with Gasteiger partial charge >= 0.3 is 6.18 Å². The van der Waals surface area contributed by atoms with Gasteiger partial charge in [0.2, 0.25) is 5.60 Å². The highest BCUT2D eigenvalue weighted by Gasteiger charge is 2.56. The molecule has 1 aliphatic heterocycles. The van der Waals surface area contributed by atoms with Crippen LogP contribution in [0.25, 0.3) is 0 Å². The van der Waals surface area contributed by atoms with Gasteiger partial charge in [-0.1, -0.05) is 52.6 Å². The molecule has 0 amide bonds. The molecule has 2 rings (SSSR count). The van der Waals surface area contributed by atoms with Crippen molar-refractivity contribution in [3.05, 3.63) is 22.5 Å². The first kappa shape index (κ1) is 29.1. The third kappa shape index (κ3) is 6.29. The number of nitrogens with one attached hydrogen (secondary N) is 1. The molecule has 6 nitrogen and oxygen atoms in total. The second-order valence-electron chi connectivity index (χ2n) is 6.36. The van der Waals surface area contributed by atoms with Gasteiger partial charge in [0, 0.05) is 17.9 Å². The molecule has 3 atom stereocenters. The Labute approximate surface area is 184 Å². The van der Waals surface area contributed by atoms with E-state index in [2.05, 4.69) is 9.71 Å². The van der Waals surface area contributed by atoms with Gasteiger partial charge in [0.05, 0.1) is 22.2 Å². The van der Waals surface area contributed by atoms with Crippen LogP contribution in [0.5, 0.6) is 5.75 Å². The summed E-state index contributed by atoms with van der Waals surface area (Å²) in [5.41, 5.74) is 0.295. The minimum absolute atomic E-state index is 0.0120. The summed E-state index contributed by atoms with van der Waals surface area (Å²) < 4.78 is 60.5. The number of ether oxygens (including phenoxy) is 1. The number of unbranched alkanes of at least 4 members (excludes halogenated alkanes) is 1. The van der Waals surface area contributed by atoms with Crippen LogP contribution in [0.1, 0.15) is 65.6 Å². The average molecular weight is 476 g/mol. The molecular formula is C19H33ClF3N3O3S. The van der Waals surface area contributed by atoms with E-state index in [-0.39, 0.29) is 23.1 Å². The lowest BCUT2D eigenvalue weighted by Crippen LogP contribution is -2.49. The fraction of sp³-hybridized carbons (Fsp3) is 0.737. The van der Waals surface area contributed by atoms with Crippen LogP contribution in [0.2, 0.25) is 5.15 Å². The van der Waals surface area contributed by atoms with E-state index in [1.165, 1.54) is 0 Å². The fourth-order valence-electron chi connectivity index (χ4n) is 2.58. The van der Waals surface area contributed by atoms with E-state index < -0.39 is 40.5 Å². The smallest absolute Gasteiger partial charge is 0.424 e. The number of nitrogens with zero attached hydrogens (tertiary/aromatic N) is 1. The van der Waals surface area contributed by atoms with Crippen LogP contribution >= 0.6 is 11.6 Å². The summed E-state index contributed by atoms with van der Waals surface area (Å²) in [7, 11) is -1.41. The molecule has 0 radical (unpaired) electrons. The van der Waals surface area contributed by atoms with Gasteiger partial charge in [-0.3, -0.25) is 0 Å². The van der Waals surface area contributed by atoms with Crippen LogP contribution in [0, 0.1) is 0 Å². The molecule has 0 spiro atoms. The van der Waals surface area contributed by atoms with E-state index in [1.807, 2.05) is 34.6 Å². The summed E-state index contributed by atoms with van der Waals surface area (Å²) in [5.74, 6) is 0.488. The van der Waals surface area contributed by atoms with Crippen molar-refractivity contribution >= 4 is 22.6 Å².